The zero-order valence-corrected chi connectivity index (χ0v) is 18.2. The number of aryl methyl sites for hydroxylation is 1. The van der Waals surface area contributed by atoms with Gasteiger partial charge in [-0.15, -0.1) is 10.2 Å². The maximum atomic E-state index is 12.5. The third-order valence-electron chi connectivity index (χ3n) is 5.16. The lowest BCUT2D eigenvalue weighted by atomic mass is 10.1. The predicted molar refractivity (Wildman–Crippen MR) is 115 cm³/mol. The van der Waals surface area contributed by atoms with E-state index in [0.717, 1.165) is 29.2 Å². The lowest BCUT2D eigenvalue weighted by molar-refractivity contribution is -0.118. The van der Waals surface area contributed by atoms with E-state index in [1.165, 1.54) is 24.6 Å². The number of amides is 1. The number of likely N-dealkylation sites (tertiary alicyclic amines) is 1. The third kappa shape index (κ3) is 4.88. The summed E-state index contributed by atoms with van der Waals surface area (Å²) < 4.78 is 10.9. The first-order valence-electron chi connectivity index (χ1n) is 9.88. The van der Waals surface area contributed by atoms with Gasteiger partial charge in [0.25, 0.3) is 11.1 Å². The van der Waals surface area contributed by atoms with Crippen LogP contribution in [0.15, 0.2) is 50.7 Å². The SMILES string of the molecule is Cc1occc1-c1nnc(SCC(=O)NC[C@H](c2ccccc2Cl)N2CCCC2)o1. The molecule has 0 radical (unpaired) electrons. The fourth-order valence-electron chi connectivity index (χ4n) is 3.61. The van der Waals surface area contributed by atoms with Crippen molar-refractivity contribution in [3.8, 4) is 11.5 Å². The average molecular weight is 447 g/mol. The molecule has 4 rings (SSSR count). The van der Waals surface area contributed by atoms with Gasteiger partial charge in [-0.25, -0.2) is 0 Å². The minimum absolute atomic E-state index is 0.0641. The highest BCUT2D eigenvalue weighted by molar-refractivity contribution is 7.99. The van der Waals surface area contributed by atoms with E-state index in [-0.39, 0.29) is 17.7 Å². The Bertz CT molecular complexity index is 1000. The van der Waals surface area contributed by atoms with Crippen LogP contribution < -0.4 is 5.32 Å². The van der Waals surface area contributed by atoms with Crippen LogP contribution in [0.2, 0.25) is 5.02 Å². The first-order valence-corrected chi connectivity index (χ1v) is 11.2. The van der Waals surface area contributed by atoms with Crippen LogP contribution >= 0.6 is 23.4 Å². The fourth-order valence-corrected chi connectivity index (χ4v) is 4.46. The molecule has 1 fully saturated rings. The molecule has 1 amide bonds. The lowest BCUT2D eigenvalue weighted by Gasteiger charge is -2.28. The molecule has 1 N–H and O–H groups in total. The molecule has 9 heteroatoms. The van der Waals surface area contributed by atoms with Crippen molar-refractivity contribution in [1.29, 1.82) is 0 Å². The summed E-state index contributed by atoms with van der Waals surface area (Å²) in [4.78, 5) is 14.8. The maximum Gasteiger partial charge on any atom is 0.277 e. The van der Waals surface area contributed by atoms with E-state index in [9.17, 15) is 4.79 Å². The van der Waals surface area contributed by atoms with Crippen LogP contribution in [0.5, 0.6) is 0 Å². The van der Waals surface area contributed by atoms with E-state index in [1.54, 1.807) is 12.3 Å². The molecule has 0 saturated carbocycles. The summed E-state index contributed by atoms with van der Waals surface area (Å²) in [6.45, 7) is 4.36. The molecule has 3 heterocycles. The molecule has 1 aromatic carbocycles. The Hall–Kier alpha value is -2.29. The topological polar surface area (TPSA) is 84.4 Å². The molecule has 0 spiro atoms. The second-order valence-corrected chi connectivity index (χ2v) is 8.47. The number of halogens is 1. The number of thioether (sulfide) groups is 1. The van der Waals surface area contributed by atoms with Gasteiger partial charge in [-0.2, -0.15) is 0 Å². The summed E-state index contributed by atoms with van der Waals surface area (Å²) in [5.74, 6) is 1.20. The van der Waals surface area contributed by atoms with E-state index in [0.29, 0.717) is 23.4 Å². The van der Waals surface area contributed by atoms with E-state index in [2.05, 4.69) is 20.4 Å². The lowest BCUT2D eigenvalue weighted by Crippen LogP contribution is -2.37. The van der Waals surface area contributed by atoms with Crippen LogP contribution in [-0.2, 0) is 4.79 Å². The molecule has 3 aromatic rings. The molecule has 1 saturated heterocycles. The van der Waals surface area contributed by atoms with Crippen LogP contribution in [0, 0.1) is 6.92 Å². The highest BCUT2D eigenvalue weighted by Gasteiger charge is 2.25. The second-order valence-electron chi connectivity index (χ2n) is 7.14. The van der Waals surface area contributed by atoms with Crippen LogP contribution in [0.25, 0.3) is 11.5 Å². The molecule has 1 atom stereocenters. The molecule has 1 aliphatic heterocycles. The van der Waals surface area contributed by atoms with Crippen LogP contribution in [0.3, 0.4) is 0 Å². The Kier molecular flexibility index (Phi) is 6.76. The largest absolute Gasteiger partial charge is 0.469 e. The standard InChI is InChI=1S/C21H23ClN4O3S/c1-14-15(8-11-28-14)20-24-25-21(29-20)30-13-19(27)23-12-18(26-9-4-5-10-26)16-6-2-3-7-17(16)22/h2-3,6-8,11,18H,4-5,9-10,12-13H2,1H3,(H,23,27)/t18-/m1/s1. The van der Waals surface area contributed by atoms with Crippen LogP contribution in [-0.4, -0.2) is 46.4 Å². The second kappa shape index (κ2) is 9.68. The van der Waals surface area contributed by atoms with Crippen molar-refractivity contribution in [1.82, 2.24) is 20.4 Å². The molecule has 30 heavy (non-hydrogen) atoms. The van der Waals surface area contributed by atoms with E-state index < -0.39 is 0 Å². The number of rotatable bonds is 8. The number of benzene rings is 1. The maximum absolute atomic E-state index is 12.5. The van der Waals surface area contributed by atoms with Gasteiger partial charge in [0.15, 0.2) is 0 Å². The van der Waals surface area contributed by atoms with Gasteiger partial charge in [0.2, 0.25) is 5.91 Å². The van der Waals surface area contributed by atoms with Crippen LogP contribution in [0.4, 0.5) is 0 Å². The van der Waals surface area contributed by atoms with Crippen molar-refractivity contribution in [3.05, 3.63) is 52.9 Å². The summed E-state index contributed by atoms with van der Waals surface area (Å²) in [5.41, 5.74) is 1.80. The van der Waals surface area contributed by atoms with Gasteiger partial charge in [-0.05, 0) is 50.6 Å². The summed E-state index contributed by atoms with van der Waals surface area (Å²) in [5, 5.41) is 12.1. The molecule has 0 aliphatic carbocycles. The number of hydrogen-bond donors (Lipinski definition) is 1. The fraction of sp³-hybridized carbons (Fsp3) is 0.381. The number of furan rings is 1. The highest BCUT2D eigenvalue weighted by atomic mass is 35.5. The highest BCUT2D eigenvalue weighted by Crippen LogP contribution is 2.30. The number of hydrogen-bond acceptors (Lipinski definition) is 7. The van der Waals surface area contributed by atoms with Gasteiger partial charge in [0, 0.05) is 11.6 Å². The van der Waals surface area contributed by atoms with Crippen molar-refractivity contribution in [2.75, 3.05) is 25.4 Å². The minimum atomic E-state index is -0.0875. The summed E-state index contributed by atoms with van der Waals surface area (Å²) in [7, 11) is 0. The smallest absolute Gasteiger partial charge is 0.277 e. The summed E-state index contributed by atoms with van der Waals surface area (Å²) in [6.07, 6.45) is 3.91. The van der Waals surface area contributed by atoms with Gasteiger partial charge >= 0.3 is 0 Å². The number of nitrogens with one attached hydrogen (secondary N) is 1. The molecular formula is C21H23ClN4O3S. The molecule has 0 bridgehead atoms. The quantitative estimate of drug-likeness (QED) is 0.515. The van der Waals surface area contributed by atoms with E-state index >= 15 is 0 Å². The molecular weight excluding hydrogens is 424 g/mol. The Morgan fingerprint density at radius 1 is 1.27 bits per heavy atom. The predicted octanol–water partition coefficient (Wildman–Crippen LogP) is 4.34. The normalized spacial score (nSPS) is 15.4. The van der Waals surface area contributed by atoms with Crippen molar-refractivity contribution in [3.63, 3.8) is 0 Å². The third-order valence-corrected chi connectivity index (χ3v) is 6.32. The Morgan fingerprint density at radius 2 is 2.07 bits per heavy atom. The number of carbonyl (C=O) groups is 1. The van der Waals surface area contributed by atoms with Crippen molar-refractivity contribution < 1.29 is 13.6 Å². The average Bonchev–Trinajstić information content (AvgIpc) is 3.50. The van der Waals surface area contributed by atoms with Gasteiger partial charge < -0.3 is 14.2 Å². The van der Waals surface area contributed by atoms with Crippen molar-refractivity contribution in [2.24, 2.45) is 0 Å². The van der Waals surface area contributed by atoms with Gasteiger partial charge in [-0.3, -0.25) is 9.69 Å². The molecule has 0 unspecified atom stereocenters. The number of nitrogens with zero attached hydrogens (tertiary/aromatic N) is 3. The van der Waals surface area contributed by atoms with Crippen LogP contribution in [0.1, 0.15) is 30.2 Å². The number of aromatic nitrogens is 2. The van der Waals surface area contributed by atoms with Gasteiger partial charge in [0.1, 0.15) is 5.76 Å². The monoisotopic (exact) mass is 446 g/mol. The van der Waals surface area contributed by atoms with E-state index in [4.69, 9.17) is 20.4 Å². The summed E-state index contributed by atoms with van der Waals surface area (Å²) in [6, 6.07) is 9.67. The Balaban J connectivity index is 1.33. The summed E-state index contributed by atoms with van der Waals surface area (Å²) >= 11 is 7.64. The van der Waals surface area contributed by atoms with E-state index in [1.807, 2.05) is 31.2 Å². The van der Waals surface area contributed by atoms with Crippen molar-refractivity contribution in [2.45, 2.75) is 31.0 Å². The Morgan fingerprint density at radius 3 is 2.80 bits per heavy atom. The van der Waals surface area contributed by atoms with Gasteiger partial charge in [-0.1, -0.05) is 41.6 Å². The first kappa shape index (κ1) is 21.0. The van der Waals surface area contributed by atoms with Crippen molar-refractivity contribution >= 4 is 29.3 Å². The molecule has 1 aliphatic rings. The first-order chi connectivity index (χ1) is 14.6. The Labute approximate surface area is 184 Å². The zero-order chi connectivity index (χ0) is 20.9. The number of carbonyl (C=O) groups excluding carboxylic acids is 1. The zero-order valence-electron chi connectivity index (χ0n) is 16.6. The van der Waals surface area contributed by atoms with Gasteiger partial charge in [0.05, 0.1) is 23.6 Å². The molecule has 7 nitrogen and oxygen atoms in total. The minimum Gasteiger partial charge on any atom is -0.469 e. The molecule has 158 valence electrons. The molecule has 2 aromatic heterocycles.